The van der Waals surface area contributed by atoms with Gasteiger partial charge in [0, 0.05) is 37.6 Å². The van der Waals surface area contributed by atoms with Crippen LogP contribution in [0.15, 0.2) is 0 Å². The van der Waals surface area contributed by atoms with Crippen molar-refractivity contribution in [2.75, 3.05) is 19.6 Å². The maximum Gasteiger partial charge on any atom is 0.315 e. The monoisotopic (exact) mass is 336 g/mol. The van der Waals surface area contributed by atoms with Gasteiger partial charge in [-0.05, 0) is 45.1 Å². The lowest BCUT2D eigenvalue weighted by Gasteiger charge is -2.28. The van der Waals surface area contributed by atoms with Gasteiger partial charge in [0.1, 0.15) is 0 Å². The van der Waals surface area contributed by atoms with Crippen molar-refractivity contribution in [1.29, 1.82) is 0 Å². The molecule has 3 amide bonds. The number of fused-ring (bicyclic) bond motifs is 2. The lowest BCUT2D eigenvalue weighted by molar-refractivity contribution is -0.133. The Bertz CT molecular complexity index is 423. The minimum Gasteiger partial charge on any atom is -0.338 e. The molecule has 3 N–H and O–H groups in total. The minimum atomic E-state index is -0.0756. The van der Waals surface area contributed by atoms with Gasteiger partial charge < -0.3 is 20.9 Å². The highest BCUT2D eigenvalue weighted by molar-refractivity contribution is 5.77. The fourth-order valence-corrected chi connectivity index (χ4v) is 4.44. The summed E-state index contributed by atoms with van der Waals surface area (Å²) in [4.78, 5) is 26.6. The Morgan fingerprint density at radius 1 is 1.00 bits per heavy atom. The van der Waals surface area contributed by atoms with E-state index in [0.29, 0.717) is 31.1 Å². The van der Waals surface area contributed by atoms with Crippen molar-refractivity contribution in [3.05, 3.63) is 0 Å². The van der Waals surface area contributed by atoms with E-state index < -0.39 is 0 Å². The average molecular weight is 336 g/mol. The molecule has 3 aliphatic rings. The summed E-state index contributed by atoms with van der Waals surface area (Å²) in [6.07, 6.45) is 10.5. The maximum atomic E-state index is 12.5. The van der Waals surface area contributed by atoms with Crippen LogP contribution in [0.4, 0.5) is 4.79 Å². The number of rotatable bonds is 5. The highest BCUT2D eigenvalue weighted by Crippen LogP contribution is 2.28. The van der Waals surface area contributed by atoms with E-state index >= 15 is 0 Å². The zero-order valence-electron chi connectivity index (χ0n) is 14.7. The summed E-state index contributed by atoms with van der Waals surface area (Å²) < 4.78 is 0. The molecule has 0 radical (unpaired) electrons. The van der Waals surface area contributed by atoms with Gasteiger partial charge in [-0.2, -0.15) is 0 Å². The van der Waals surface area contributed by atoms with Crippen LogP contribution in [0.2, 0.25) is 0 Å². The van der Waals surface area contributed by atoms with Crippen molar-refractivity contribution in [2.45, 2.75) is 82.3 Å². The first-order chi connectivity index (χ1) is 11.7. The van der Waals surface area contributed by atoms with Crippen LogP contribution >= 0.6 is 0 Å². The Balaban J connectivity index is 1.32. The van der Waals surface area contributed by atoms with Gasteiger partial charge in [-0.1, -0.05) is 19.3 Å². The van der Waals surface area contributed by atoms with E-state index in [1.165, 1.54) is 19.3 Å². The third-order valence-electron chi connectivity index (χ3n) is 5.74. The van der Waals surface area contributed by atoms with E-state index in [1.807, 2.05) is 0 Å². The molecule has 24 heavy (non-hydrogen) atoms. The molecule has 2 aliphatic heterocycles. The number of nitrogens with one attached hydrogen (secondary N) is 3. The molecule has 3 rings (SSSR count). The highest BCUT2D eigenvalue weighted by Gasteiger charge is 2.37. The topological polar surface area (TPSA) is 73.5 Å². The molecule has 2 unspecified atom stereocenters. The molecular formula is C18H32N4O2. The predicted molar refractivity (Wildman–Crippen MR) is 93.8 cm³/mol. The molecule has 2 atom stereocenters. The van der Waals surface area contributed by atoms with Crippen molar-refractivity contribution >= 4 is 11.9 Å². The molecule has 0 aromatic carbocycles. The van der Waals surface area contributed by atoms with E-state index in [1.54, 1.807) is 0 Å². The number of amides is 3. The molecule has 136 valence electrons. The summed E-state index contributed by atoms with van der Waals surface area (Å²) in [5.74, 6) is 0.265. The third-order valence-corrected chi connectivity index (χ3v) is 5.74. The van der Waals surface area contributed by atoms with Gasteiger partial charge in [0.05, 0.1) is 0 Å². The first kappa shape index (κ1) is 17.5. The van der Waals surface area contributed by atoms with Crippen molar-refractivity contribution in [2.24, 2.45) is 0 Å². The Morgan fingerprint density at radius 3 is 2.62 bits per heavy atom. The Kier molecular flexibility index (Phi) is 6.35. The smallest absolute Gasteiger partial charge is 0.315 e. The predicted octanol–water partition coefficient (Wildman–Crippen LogP) is 1.75. The summed E-state index contributed by atoms with van der Waals surface area (Å²) >= 11 is 0. The number of hydrogen-bond donors (Lipinski definition) is 3. The van der Waals surface area contributed by atoms with Crippen molar-refractivity contribution < 1.29 is 9.59 Å². The van der Waals surface area contributed by atoms with Gasteiger partial charge in [-0.15, -0.1) is 0 Å². The quantitative estimate of drug-likeness (QED) is 0.670. The number of carbonyl (C=O) groups is 2. The summed E-state index contributed by atoms with van der Waals surface area (Å²) in [6, 6.07) is 1.07. The van der Waals surface area contributed by atoms with Crippen molar-refractivity contribution in [1.82, 2.24) is 20.9 Å². The van der Waals surface area contributed by atoms with Crippen molar-refractivity contribution in [3.63, 3.8) is 0 Å². The number of carbonyl (C=O) groups excluding carboxylic acids is 2. The molecule has 1 saturated carbocycles. The third kappa shape index (κ3) is 4.62. The lowest BCUT2D eigenvalue weighted by atomic mass is 9.96. The average Bonchev–Trinajstić information content (AvgIpc) is 2.85. The Labute approximate surface area is 145 Å². The lowest BCUT2D eigenvalue weighted by Crippen LogP contribution is -2.44. The fraction of sp³-hybridized carbons (Fsp3) is 0.889. The van der Waals surface area contributed by atoms with Gasteiger partial charge in [0.15, 0.2) is 0 Å². The molecular weight excluding hydrogens is 304 g/mol. The molecule has 6 nitrogen and oxygen atoms in total. The summed E-state index contributed by atoms with van der Waals surface area (Å²) in [7, 11) is 0. The molecule has 2 heterocycles. The second-order valence-electron chi connectivity index (χ2n) is 7.52. The molecule has 1 aliphatic carbocycles. The maximum absolute atomic E-state index is 12.5. The minimum absolute atomic E-state index is 0.0756. The van der Waals surface area contributed by atoms with Crippen LogP contribution in [0.1, 0.15) is 64.2 Å². The zero-order valence-corrected chi connectivity index (χ0v) is 14.7. The summed E-state index contributed by atoms with van der Waals surface area (Å²) in [5.41, 5.74) is 0. The van der Waals surface area contributed by atoms with Crippen molar-refractivity contribution in [3.8, 4) is 0 Å². The van der Waals surface area contributed by atoms with Crippen LogP contribution in [0, 0.1) is 0 Å². The summed E-state index contributed by atoms with van der Waals surface area (Å²) in [6.45, 7) is 2.53. The molecule has 2 saturated heterocycles. The van der Waals surface area contributed by atoms with E-state index in [4.69, 9.17) is 0 Å². The number of urea groups is 1. The molecule has 2 bridgehead atoms. The van der Waals surface area contributed by atoms with E-state index in [2.05, 4.69) is 20.9 Å². The number of nitrogens with zero attached hydrogens (tertiary/aromatic N) is 1. The molecule has 3 fully saturated rings. The molecule has 0 aromatic heterocycles. The largest absolute Gasteiger partial charge is 0.338 e. The Morgan fingerprint density at radius 2 is 1.79 bits per heavy atom. The standard InChI is InChI=1S/C18H32N4O2/c23-17(22-15-8-9-16(22)13-19-12-10-15)7-4-11-20-18(24)21-14-5-2-1-3-6-14/h14-16,19H,1-13H2,(H2,20,21,24). The summed E-state index contributed by atoms with van der Waals surface area (Å²) in [5, 5.41) is 9.38. The van der Waals surface area contributed by atoms with E-state index in [-0.39, 0.29) is 11.9 Å². The first-order valence-corrected chi connectivity index (χ1v) is 9.80. The second-order valence-corrected chi connectivity index (χ2v) is 7.52. The van der Waals surface area contributed by atoms with Gasteiger partial charge in [0.25, 0.3) is 0 Å². The Hall–Kier alpha value is -1.30. The molecule has 6 heteroatoms. The van der Waals surface area contributed by atoms with Gasteiger partial charge in [-0.3, -0.25) is 4.79 Å². The second kappa shape index (κ2) is 8.70. The normalized spacial score (nSPS) is 27.6. The van der Waals surface area contributed by atoms with Crippen LogP contribution < -0.4 is 16.0 Å². The van der Waals surface area contributed by atoms with Crippen LogP contribution in [-0.2, 0) is 4.79 Å². The van der Waals surface area contributed by atoms with Gasteiger partial charge in [0.2, 0.25) is 5.91 Å². The van der Waals surface area contributed by atoms with Crippen LogP contribution in [0.25, 0.3) is 0 Å². The zero-order chi connectivity index (χ0) is 16.8. The van der Waals surface area contributed by atoms with Crippen LogP contribution in [0.3, 0.4) is 0 Å². The van der Waals surface area contributed by atoms with Crippen LogP contribution in [-0.4, -0.2) is 54.6 Å². The highest BCUT2D eigenvalue weighted by atomic mass is 16.2. The fourth-order valence-electron chi connectivity index (χ4n) is 4.44. The molecule has 0 spiro atoms. The SMILES string of the molecule is O=C(NCCCC(=O)N1C2CCNCC1CC2)NC1CCCCC1. The van der Waals surface area contributed by atoms with E-state index in [0.717, 1.165) is 51.6 Å². The number of hydrogen-bond acceptors (Lipinski definition) is 3. The van der Waals surface area contributed by atoms with Gasteiger partial charge in [-0.25, -0.2) is 4.79 Å². The first-order valence-electron chi connectivity index (χ1n) is 9.80. The van der Waals surface area contributed by atoms with E-state index in [9.17, 15) is 9.59 Å². The van der Waals surface area contributed by atoms with Crippen LogP contribution in [0.5, 0.6) is 0 Å². The van der Waals surface area contributed by atoms with Gasteiger partial charge >= 0.3 is 6.03 Å². The molecule has 0 aromatic rings.